The number of carbonyl (C=O) groups is 2. The van der Waals surface area contributed by atoms with Crippen LogP contribution in [0, 0.1) is 5.92 Å². The van der Waals surface area contributed by atoms with Crippen LogP contribution in [0.15, 0.2) is 65.7 Å². The first-order valence-electron chi connectivity index (χ1n) is 10.5. The van der Waals surface area contributed by atoms with Crippen LogP contribution in [0.3, 0.4) is 0 Å². The maximum Gasteiger partial charge on any atom is 0.335 e. The average Bonchev–Trinajstić information content (AvgIpc) is 3.02. The minimum Gasteiger partial charge on any atom is -0.446 e. The lowest BCUT2D eigenvalue weighted by Crippen LogP contribution is -2.42. The maximum atomic E-state index is 13.1. The molecule has 0 radical (unpaired) electrons. The summed E-state index contributed by atoms with van der Waals surface area (Å²) in [4.78, 5) is 27.7. The van der Waals surface area contributed by atoms with Crippen molar-refractivity contribution < 1.29 is 14.3 Å². The van der Waals surface area contributed by atoms with Crippen LogP contribution in [-0.4, -0.2) is 29.9 Å². The molecule has 2 aliphatic rings. The number of anilines is 1. The van der Waals surface area contributed by atoms with Crippen molar-refractivity contribution in [2.75, 3.05) is 18.8 Å². The van der Waals surface area contributed by atoms with Gasteiger partial charge in [-0.15, -0.1) is 0 Å². The molecule has 0 saturated carbocycles. The minimum absolute atomic E-state index is 0.0188. The predicted molar refractivity (Wildman–Crippen MR) is 116 cm³/mol. The summed E-state index contributed by atoms with van der Waals surface area (Å²) in [5, 5.41) is 0. The molecule has 0 aromatic heterocycles. The number of cyclic esters (lactones) is 1. The number of nitrogens with zero attached hydrogens (tertiary/aromatic N) is 1. The van der Waals surface area contributed by atoms with Crippen LogP contribution in [0.1, 0.15) is 37.8 Å². The van der Waals surface area contributed by atoms with E-state index in [1.165, 1.54) is 0 Å². The fourth-order valence-electron chi connectivity index (χ4n) is 4.62. The van der Waals surface area contributed by atoms with Crippen molar-refractivity contribution in [3.63, 3.8) is 0 Å². The molecule has 0 bridgehead atoms. The lowest BCUT2D eigenvalue weighted by molar-refractivity contribution is -0.149. The molecular formula is C25H28N2O3. The van der Waals surface area contributed by atoms with E-state index in [1.54, 1.807) is 0 Å². The Labute approximate surface area is 177 Å². The summed E-state index contributed by atoms with van der Waals surface area (Å²) in [7, 11) is 0. The molecule has 1 atom stereocenters. The van der Waals surface area contributed by atoms with E-state index in [9.17, 15) is 9.59 Å². The van der Waals surface area contributed by atoms with Crippen molar-refractivity contribution in [2.45, 2.75) is 38.7 Å². The van der Waals surface area contributed by atoms with Crippen molar-refractivity contribution in [3.8, 4) is 0 Å². The number of ether oxygens (including phenoxy) is 1. The lowest BCUT2D eigenvalue weighted by Gasteiger charge is -2.37. The number of carbonyl (C=O) groups excluding carboxylic acids is 2. The third-order valence-corrected chi connectivity index (χ3v) is 6.03. The van der Waals surface area contributed by atoms with Crippen molar-refractivity contribution >= 4 is 17.6 Å². The zero-order valence-electron chi connectivity index (χ0n) is 17.6. The normalized spacial score (nSPS) is 21.0. The predicted octanol–water partition coefficient (Wildman–Crippen LogP) is 3.84. The number of hydrogen-bond acceptors (Lipinski definition) is 4. The van der Waals surface area contributed by atoms with E-state index in [0.29, 0.717) is 37.5 Å². The first-order chi connectivity index (χ1) is 14.4. The smallest absolute Gasteiger partial charge is 0.335 e. The SMILES string of the molecule is CC(C)CC1(c2ccccc2)OC(=O)C2=C1CN(C(=O)Cc1ccccc1N)CC2. The molecule has 2 N–H and O–H groups in total. The monoisotopic (exact) mass is 404 g/mol. The van der Waals surface area contributed by atoms with E-state index in [1.807, 2.05) is 59.5 Å². The molecule has 0 spiro atoms. The van der Waals surface area contributed by atoms with Crippen LogP contribution in [0.2, 0.25) is 0 Å². The highest BCUT2D eigenvalue weighted by atomic mass is 16.6. The van der Waals surface area contributed by atoms with Crippen molar-refractivity contribution in [1.29, 1.82) is 0 Å². The Bertz CT molecular complexity index is 996. The summed E-state index contributed by atoms with van der Waals surface area (Å²) in [6, 6.07) is 17.4. The molecule has 4 rings (SSSR count). The van der Waals surface area contributed by atoms with Gasteiger partial charge in [-0.05, 0) is 36.0 Å². The summed E-state index contributed by atoms with van der Waals surface area (Å²) in [6.45, 7) is 5.18. The van der Waals surface area contributed by atoms with E-state index in [4.69, 9.17) is 10.5 Å². The van der Waals surface area contributed by atoms with Crippen LogP contribution < -0.4 is 5.73 Å². The van der Waals surface area contributed by atoms with Gasteiger partial charge in [0.1, 0.15) is 0 Å². The Morgan fingerprint density at radius 1 is 1.13 bits per heavy atom. The fraction of sp³-hybridized carbons (Fsp3) is 0.360. The molecule has 2 aromatic rings. The van der Waals surface area contributed by atoms with Crippen LogP contribution >= 0.6 is 0 Å². The van der Waals surface area contributed by atoms with Gasteiger partial charge in [-0.25, -0.2) is 4.79 Å². The zero-order chi connectivity index (χ0) is 21.3. The Balaban J connectivity index is 1.65. The second-order valence-electron chi connectivity index (χ2n) is 8.58. The van der Waals surface area contributed by atoms with Gasteiger partial charge in [0.25, 0.3) is 0 Å². The summed E-state index contributed by atoms with van der Waals surface area (Å²) in [6.07, 6.45) is 1.47. The van der Waals surface area contributed by atoms with Gasteiger partial charge >= 0.3 is 5.97 Å². The molecule has 156 valence electrons. The lowest BCUT2D eigenvalue weighted by atomic mass is 9.77. The van der Waals surface area contributed by atoms with Gasteiger partial charge in [0, 0.05) is 29.9 Å². The molecule has 0 aliphatic carbocycles. The molecule has 5 nitrogen and oxygen atoms in total. The summed E-state index contributed by atoms with van der Waals surface area (Å²) >= 11 is 0. The Hall–Kier alpha value is -3.08. The van der Waals surface area contributed by atoms with Crippen molar-refractivity contribution in [1.82, 2.24) is 4.90 Å². The second kappa shape index (κ2) is 7.98. The van der Waals surface area contributed by atoms with E-state index in [-0.39, 0.29) is 18.3 Å². The van der Waals surface area contributed by atoms with Crippen LogP contribution in [0.4, 0.5) is 5.69 Å². The fourth-order valence-corrected chi connectivity index (χ4v) is 4.62. The number of rotatable bonds is 5. The largest absolute Gasteiger partial charge is 0.446 e. The second-order valence-corrected chi connectivity index (χ2v) is 8.58. The van der Waals surface area contributed by atoms with E-state index >= 15 is 0 Å². The summed E-state index contributed by atoms with van der Waals surface area (Å²) in [5.41, 5.74) is 9.34. The van der Waals surface area contributed by atoms with Gasteiger partial charge in [0.2, 0.25) is 5.91 Å². The van der Waals surface area contributed by atoms with E-state index in [0.717, 1.165) is 22.3 Å². The standard InChI is InChI=1S/C25H28N2O3/c1-17(2)15-25(19-9-4-3-5-10-19)21-16-27(13-12-20(21)24(29)30-25)23(28)14-18-8-6-7-11-22(18)26/h3-11,17H,12-16,26H2,1-2H3. The summed E-state index contributed by atoms with van der Waals surface area (Å²) < 4.78 is 6.09. The average molecular weight is 405 g/mol. The van der Waals surface area contributed by atoms with Crippen LogP contribution in [0.5, 0.6) is 0 Å². The number of esters is 1. The highest BCUT2D eigenvalue weighted by Crippen LogP contribution is 2.48. The highest BCUT2D eigenvalue weighted by molar-refractivity contribution is 5.94. The minimum atomic E-state index is -0.799. The van der Waals surface area contributed by atoms with Gasteiger partial charge < -0.3 is 15.4 Å². The molecule has 0 fully saturated rings. The van der Waals surface area contributed by atoms with Gasteiger partial charge in [-0.2, -0.15) is 0 Å². The number of nitrogens with two attached hydrogens (primary N) is 1. The Morgan fingerprint density at radius 3 is 2.53 bits per heavy atom. The highest BCUT2D eigenvalue weighted by Gasteiger charge is 2.50. The number of hydrogen-bond donors (Lipinski definition) is 1. The molecule has 1 amide bonds. The van der Waals surface area contributed by atoms with Gasteiger partial charge in [0.05, 0.1) is 6.42 Å². The third kappa shape index (κ3) is 3.60. The number of benzene rings is 2. The maximum absolute atomic E-state index is 13.1. The first-order valence-corrected chi connectivity index (χ1v) is 10.5. The van der Waals surface area contributed by atoms with Crippen molar-refractivity contribution in [3.05, 3.63) is 76.9 Å². The Kier molecular flexibility index (Phi) is 5.37. The topological polar surface area (TPSA) is 72.6 Å². The quantitative estimate of drug-likeness (QED) is 0.607. The van der Waals surface area contributed by atoms with Crippen LogP contribution in [-0.2, 0) is 26.3 Å². The van der Waals surface area contributed by atoms with Crippen LogP contribution in [0.25, 0.3) is 0 Å². The number of amides is 1. The molecule has 5 heteroatoms. The molecule has 2 aromatic carbocycles. The van der Waals surface area contributed by atoms with Gasteiger partial charge in [-0.1, -0.05) is 62.4 Å². The molecule has 2 aliphatic heterocycles. The molecular weight excluding hydrogens is 376 g/mol. The van der Waals surface area contributed by atoms with E-state index in [2.05, 4.69) is 13.8 Å². The Morgan fingerprint density at radius 2 is 1.83 bits per heavy atom. The molecule has 0 saturated heterocycles. The summed E-state index contributed by atoms with van der Waals surface area (Å²) in [5.74, 6) is 0.0965. The number of nitrogen functional groups attached to an aromatic ring is 1. The van der Waals surface area contributed by atoms with Gasteiger partial charge in [0.15, 0.2) is 5.60 Å². The van der Waals surface area contributed by atoms with Gasteiger partial charge in [-0.3, -0.25) is 4.79 Å². The zero-order valence-corrected chi connectivity index (χ0v) is 17.6. The van der Waals surface area contributed by atoms with Crippen molar-refractivity contribution in [2.24, 2.45) is 5.92 Å². The van der Waals surface area contributed by atoms with E-state index < -0.39 is 5.60 Å². The molecule has 30 heavy (non-hydrogen) atoms. The number of para-hydroxylation sites is 1. The molecule has 2 heterocycles. The third-order valence-electron chi connectivity index (χ3n) is 6.03. The first kappa shape index (κ1) is 20.2. The molecule has 1 unspecified atom stereocenters.